The lowest BCUT2D eigenvalue weighted by molar-refractivity contribution is 0.199. The molecule has 0 radical (unpaired) electrons. The highest BCUT2D eigenvalue weighted by molar-refractivity contribution is 5.41. The molecule has 0 spiro atoms. The smallest absolute Gasteiger partial charge is 0.128 e. The van der Waals surface area contributed by atoms with Gasteiger partial charge in [0.05, 0.1) is 6.10 Å². The third kappa shape index (κ3) is 5.10. The molecule has 1 atom stereocenters. The fourth-order valence-electron chi connectivity index (χ4n) is 2.33. The van der Waals surface area contributed by atoms with Gasteiger partial charge in [-0.3, -0.25) is 0 Å². The van der Waals surface area contributed by atoms with Gasteiger partial charge < -0.3 is 14.9 Å². The topological polar surface area (TPSA) is 39.6 Å². The van der Waals surface area contributed by atoms with Crippen LogP contribution in [0.5, 0.6) is 0 Å². The van der Waals surface area contributed by atoms with Crippen molar-refractivity contribution in [1.29, 1.82) is 0 Å². The van der Waals surface area contributed by atoms with E-state index >= 15 is 0 Å². The van der Waals surface area contributed by atoms with E-state index in [1.54, 1.807) is 13.1 Å². The summed E-state index contributed by atoms with van der Waals surface area (Å²) < 4.78 is 0. The van der Waals surface area contributed by atoms with Crippen LogP contribution in [0.1, 0.15) is 45.8 Å². The Labute approximate surface area is 123 Å². The van der Waals surface area contributed by atoms with Gasteiger partial charge in [0.15, 0.2) is 0 Å². The van der Waals surface area contributed by atoms with Crippen molar-refractivity contribution in [3.8, 4) is 0 Å². The largest absolute Gasteiger partial charge is 0.389 e. The van der Waals surface area contributed by atoms with Crippen molar-refractivity contribution in [2.75, 3.05) is 37.6 Å². The summed E-state index contributed by atoms with van der Waals surface area (Å²) in [5.41, 5.74) is 0.928. The van der Waals surface area contributed by atoms with Gasteiger partial charge >= 0.3 is 0 Å². The van der Waals surface area contributed by atoms with Crippen molar-refractivity contribution < 1.29 is 5.11 Å². The molecule has 0 fully saturated rings. The Hall–Kier alpha value is -1.13. The molecule has 1 rings (SSSR count). The molecule has 0 aromatic carbocycles. The molecule has 4 heteroatoms. The number of hydrogen-bond donors (Lipinski definition) is 1. The van der Waals surface area contributed by atoms with Crippen LogP contribution in [-0.2, 0) is 0 Å². The van der Waals surface area contributed by atoms with Crippen LogP contribution < -0.4 is 4.90 Å². The molecule has 0 amide bonds. The fourth-order valence-corrected chi connectivity index (χ4v) is 2.33. The number of rotatable bonds is 9. The molecule has 1 aromatic heterocycles. The van der Waals surface area contributed by atoms with E-state index in [-0.39, 0.29) is 0 Å². The standard InChI is InChI=1S/C16H29N3O/c1-5-18(6-2)11-8-12-19(7-3)16-13-15(14(4)20)9-10-17-16/h9-10,13-14,20H,5-8,11-12H2,1-4H3/t14-/m0/s1. The first-order chi connectivity index (χ1) is 9.62. The van der Waals surface area contributed by atoms with Crippen LogP contribution >= 0.6 is 0 Å². The minimum Gasteiger partial charge on any atom is -0.389 e. The molecule has 1 heterocycles. The summed E-state index contributed by atoms with van der Waals surface area (Å²) in [7, 11) is 0. The van der Waals surface area contributed by atoms with Crippen LogP contribution in [0.2, 0.25) is 0 Å². The van der Waals surface area contributed by atoms with Crippen molar-refractivity contribution >= 4 is 5.82 Å². The van der Waals surface area contributed by atoms with E-state index < -0.39 is 6.10 Å². The van der Waals surface area contributed by atoms with Gasteiger partial charge in [0, 0.05) is 19.3 Å². The van der Waals surface area contributed by atoms with E-state index in [2.05, 4.69) is 35.6 Å². The van der Waals surface area contributed by atoms with E-state index in [4.69, 9.17) is 0 Å². The summed E-state index contributed by atoms with van der Waals surface area (Å²) in [6.45, 7) is 13.6. The van der Waals surface area contributed by atoms with Crippen LogP contribution in [0.3, 0.4) is 0 Å². The van der Waals surface area contributed by atoms with Crippen LogP contribution in [0.25, 0.3) is 0 Å². The molecule has 1 aromatic rings. The Morgan fingerprint density at radius 1 is 1.15 bits per heavy atom. The lowest BCUT2D eigenvalue weighted by atomic mass is 10.1. The second-order valence-electron chi connectivity index (χ2n) is 5.08. The molecule has 20 heavy (non-hydrogen) atoms. The first-order valence-electron chi connectivity index (χ1n) is 7.73. The number of pyridine rings is 1. The summed E-state index contributed by atoms with van der Waals surface area (Å²) in [5, 5.41) is 9.66. The van der Waals surface area contributed by atoms with Gasteiger partial charge in [-0.2, -0.15) is 0 Å². The predicted molar refractivity (Wildman–Crippen MR) is 85.2 cm³/mol. The highest BCUT2D eigenvalue weighted by Crippen LogP contribution is 2.18. The monoisotopic (exact) mass is 279 g/mol. The van der Waals surface area contributed by atoms with Gasteiger partial charge in [0.2, 0.25) is 0 Å². The van der Waals surface area contributed by atoms with Crippen LogP contribution in [0.4, 0.5) is 5.82 Å². The molecule has 0 saturated carbocycles. The van der Waals surface area contributed by atoms with Gasteiger partial charge in [-0.1, -0.05) is 13.8 Å². The zero-order chi connectivity index (χ0) is 15.0. The van der Waals surface area contributed by atoms with Crippen LogP contribution in [0, 0.1) is 0 Å². The zero-order valence-corrected chi connectivity index (χ0v) is 13.3. The minimum atomic E-state index is -0.439. The molecule has 114 valence electrons. The number of anilines is 1. The molecule has 0 bridgehead atoms. The SMILES string of the molecule is CCN(CC)CCCN(CC)c1cc([C@H](C)O)ccn1. The Kier molecular flexibility index (Phi) is 7.55. The molecule has 0 unspecified atom stereocenters. The van der Waals surface area contributed by atoms with E-state index in [1.807, 2.05) is 12.1 Å². The maximum absolute atomic E-state index is 9.66. The van der Waals surface area contributed by atoms with Crippen molar-refractivity contribution in [1.82, 2.24) is 9.88 Å². The fraction of sp³-hybridized carbons (Fsp3) is 0.688. The molecule has 0 aliphatic rings. The lowest BCUT2D eigenvalue weighted by Gasteiger charge is -2.25. The van der Waals surface area contributed by atoms with Crippen LogP contribution in [0.15, 0.2) is 18.3 Å². The molecule has 4 nitrogen and oxygen atoms in total. The molecule has 0 saturated heterocycles. The third-order valence-corrected chi connectivity index (χ3v) is 3.75. The molecule has 0 aliphatic carbocycles. The minimum absolute atomic E-state index is 0.439. The Morgan fingerprint density at radius 3 is 2.40 bits per heavy atom. The van der Waals surface area contributed by atoms with E-state index in [9.17, 15) is 5.11 Å². The number of nitrogens with zero attached hydrogens (tertiary/aromatic N) is 3. The van der Waals surface area contributed by atoms with Crippen molar-refractivity contribution in [3.63, 3.8) is 0 Å². The summed E-state index contributed by atoms with van der Waals surface area (Å²) in [5.74, 6) is 0.963. The van der Waals surface area contributed by atoms with Gasteiger partial charge in [-0.15, -0.1) is 0 Å². The van der Waals surface area contributed by atoms with Gasteiger partial charge in [0.1, 0.15) is 5.82 Å². The predicted octanol–water partition coefficient (Wildman–Crippen LogP) is 2.69. The summed E-state index contributed by atoms with van der Waals surface area (Å²) in [6, 6.07) is 3.86. The summed E-state index contributed by atoms with van der Waals surface area (Å²) in [4.78, 5) is 9.14. The van der Waals surface area contributed by atoms with Crippen molar-refractivity contribution in [2.24, 2.45) is 0 Å². The van der Waals surface area contributed by atoms with Crippen molar-refractivity contribution in [3.05, 3.63) is 23.9 Å². The van der Waals surface area contributed by atoms with Gasteiger partial charge in [-0.25, -0.2) is 4.98 Å². The normalized spacial score (nSPS) is 12.7. The third-order valence-electron chi connectivity index (χ3n) is 3.75. The molecular formula is C16H29N3O. The van der Waals surface area contributed by atoms with E-state index in [0.29, 0.717) is 0 Å². The number of aliphatic hydroxyl groups excluding tert-OH is 1. The highest BCUT2D eigenvalue weighted by atomic mass is 16.3. The molecule has 1 N–H and O–H groups in total. The Bertz CT molecular complexity index is 378. The second-order valence-corrected chi connectivity index (χ2v) is 5.08. The van der Waals surface area contributed by atoms with Crippen molar-refractivity contribution in [2.45, 2.75) is 40.2 Å². The quantitative estimate of drug-likeness (QED) is 0.754. The first kappa shape index (κ1) is 16.9. The Morgan fingerprint density at radius 2 is 1.85 bits per heavy atom. The maximum Gasteiger partial charge on any atom is 0.128 e. The summed E-state index contributed by atoms with van der Waals surface area (Å²) >= 11 is 0. The average molecular weight is 279 g/mol. The van der Waals surface area contributed by atoms with E-state index in [1.165, 1.54) is 0 Å². The number of aliphatic hydroxyl groups is 1. The van der Waals surface area contributed by atoms with Gasteiger partial charge in [-0.05, 0) is 57.6 Å². The lowest BCUT2D eigenvalue weighted by Crippen LogP contribution is -2.30. The number of aromatic nitrogens is 1. The maximum atomic E-state index is 9.66. The molecular weight excluding hydrogens is 250 g/mol. The first-order valence-corrected chi connectivity index (χ1v) is 7.73. The van der Waals surface area contributed by atoms with E-state index in [0.717, 1.165) is 50.5 Å². The highest BCUT2D eigenvalue weighted by Gasteiger charge is 2.09. The zero-order valence-electron chi connectivity index (χ0n) is 13.3. The average Bonchev–Trinajstić information content (AvgIpc) is 2.48. The van der Waals surface area contributed by atoms with Gasteiger partial charge in [0.25, 0.3) is 0 Å². The Balaban J connectivity index is 2.59. The number of hydrogen-bond acceptors (Lipinski definition) is 4. The molecule has 0 aliphatic heterocycles. The second kappa shape index (κ2) is 8.93. The summed E-state index contributed by atoms with van der Waals surface area (Å²) in [6.07, 6.45) is 2.48. The van der Waals surface area contributed by atoms with Crippen LogP contribution in [-0.4, -0.2) is 47.7 Å².